The van der Waals surface area contributed by atoms with Gasteiger partial charge in [-0.15, -0.1) is 0 Å². The molecule has 1 aromatic rings. The number of hydrogen-bond acceptors (Lipinski definition) is 2. The zero-order valence-corrected chi connectivity index (χ0v) is 10.1. The van der Waals surface area contributed by atoms with Gasteiger partial charge in [0.2, 0.25) is 0 Å². The summed E-state index contributed by atoms with van der Waals surface area (Å²) >= 11 is 0. The van der Waals surface area contributed by atoms with Gasteiger partial charge >= 0.3 is 0 Å². The molecule has 0 radical (unpaired) electrons. The molecule has 0 saturated heterocycles. The molecule has 1 rings (SSSR count). The predicted octanol–water partition coefficient (Wildman–Crippen LogP) is 3.05. The van der Waals surface area contributed by atoms with Crippen LogP contribution in [0.3, 0.4) is 0 Å². The molecule has 0 unspecified atom stereocenters. The van der Waals surface area contributed by atoms with Crippen LogP contribution >= 0.6 is 0 Å². The first-order chi connectivity index (χ1) is 7.00. The van der Waals surface area contributed by atoms with Gasteiger partial charge < -0.3 is 10.5 Å². The van der Waals surface area contributed by atoms with Crippen molar-refractivity contribution in [1.82, 2.24) is 0 Å². The molecule has 15 heavy (non-hydrogen) atoms. The van der Waals surface area contributed by atoms with Crippen LogP contribution in [0.5, 0.6) is 5.75 Å². The van der Waals surface area contributed by atoms with Crippen molar-refractivity contribution in [2.75, 3.05) is 6.61 Å². The highest BCUT2D eigenvalue weighted by atomic mass is 16.5. The Kier molecular flexibility index (Phi) is 4.15. The minimum absolute atomic E-state index is 0.0211. The number of ether oxygens (including phenoxy) is 1. The Labute approximate surface area is 92.4 Å². The number of nitrogens with two attached hydrogens (primary N) is 1. The van der Waals surface area contributed by atoms with Gasteiger partial charge in [-0.1, -0.05) is 26.0 Å². The van der Waals surface area contributed by atoms with E-state index in [-0.39, 0.29) is 6.04 Å². The fourth-order valence-corrected chi connectivity index (χ4v) is 1.40. The maximum absolute atomic E-state index is 5.89. The molecule has 1 atom stereocenters. The van der Waals surface area contributed by atoms with E-state index in [1.54, 1.807) is 0 Å². The molecule has 0 aromatic heterocycles. The standard InChI is InChI=1S/C13H21NO/c1-9(2)8-15-13-7-10(3)5-6-12(13)11(4)14/h5-7,9,11H,8,14H2,1-4H3/t11-/m1/s1. The lowest BCUT2D eigenvalue weighted by molar-refractivity contribution is 0.267. The molecule has 0 aliphatic heterocycles. The first kappa shape index (κ1) is 12.1. The molecular weight excluding hydrogens is 186 g/mol. The number of rotatable bonds is 4. The van der Waals surface area contributed by atoms with Crippen LogP contribution in [0, 0.1) is 12.8 Å². The Hall–Kier alpha value is -1.02. The van der Waals surface area contributed by atoms with Gasteiger partial charge in [0.05, 0.1) is 6.61 Å². The van der Waals surface area contributed by atoms with E-state index in [0.717, 1.165) is 17.9 Å². The summed E-state index contributed by atoms with van der Waals surface area (Å²) in [6.45, 7) is 9.06. The van der Waals surface area contributed by atoms with Gasteiger partial charge in [-0.2, -0.15) is 0 Å². The SMILES string of the molecule is Cc1ccc([C@@H](C)N)c(OCC(C)C)c1. The largest absolute Gasteiger partial charge is 0.493 e. The quantitative estimate of drug-likeness (QED) is 0.823. The Balaban J connectivity index is 2.87. The van der Waals surface area contributed by atoms with E-state index < -0.39 is 0 Å². The summed E-state index contributed by atoms with van der Waals surface area (Å²) in [6, 6.07) is 6.20. The van der Waals surface area contributed by atoms with Crippen LogP contribution in [0.15, 0.2) is 18.2 Å². The fraction of sp³-hybridized carbons (Fsp3) is 0.538. The molecular formula is C13H21NO. The van der Waals surface area contributed by atoms with E-state index in [1.807, 2.05) is 6.92 Å². The Morgan fingerprint density at radius 2 is 1.93 bits per heavy atom. The monoisotopic (exact) mass is 207 g/mol. The van der Waals surface area contributed by atoms with Crippen LogP contribution in [0.1, 0.15) is 37.9 Å². The van der Waals surface area contributed by atoms with Crippen molar-refractivity contribution in [2.45, 2.75) is 33.7 Å². The molecule has 0 aliphatic rings. The summed E-state index contributed by atoms with van der Waals surface area (Å²) in [6.07, 6.45) is 0. The molecule has 2 N–H and O–H groups in total. The summed E-state index contributed by atoms with van der Waals surface area (Å²) in [7, 11) is 0. The topological polar surface area (TPSA) is 35.2 Å². The third kappa shape index (κ3) is 3.56. The third-order valence-corrected chi connectivity index (χ3v) is 2.23. The second-order valence-electron chi connectivity index (χ2n) is 4.53. The van der Waals surface area contributed by atoms with Crippen LogP contribution < -0.4 is 10.5 Å². The van der Waals surface area contributed by atoms with Crippen molar-refractivity contribution in [3.05, 3.63) is 29.3 Å². The number of hydrogen-bond donors (Lipinski definition) is 1. The molecule has 0 aliphatic carbocycles. The molecule has 0 bridgehead atoms. The van der Waals surface area contributed by atoms with Crippen LogP contribution in [0.2, 0.25) is 0 Å². The first-order valence-corrected chi connectivity index (χ1v) is 5.49. The zero-order chi connectivity index (χ0) is 11.4. The van der Waals surface area contributed by atoms with E-state index in [9.17, 15) is 0 Å². The van der Waals surface area contributed by atoms with Gasteiger partial charge in [-0.25, -0.2) is 0 Å². The van der Waals surface area contributed by atoms with Gasteiger partial charge in [-0.3, -0.25) is 0 Å². The lowest BCUT2D eigenvalue weighted by Gasteiger charge is -2.16. The average molecular weight is 207 g/mol. The van der Waals surface area contributed by atoms with Crippen LogP contribution in [-0.2, 0) is 0 Å². The number of aryl methyl sites for hydroxylation is 1. The molecule has 0 saturated carbocycles. The van der Waals surface area contributed by atoms with E-state index in [0.29, 0.717) is 5.92 Å². The van der Waals surface area contributed by atoms with Crippen LogP contribution in [0.4, 0.5) is 0 Å². The Bertz CT molecular complexity index is 318. The van der Waals surface area contributed by atoms with Crippen molar-refractivity contribution < 1.29 is 4.74 Å². The highest BCUT2D eigenvalue weighted by Crippen LogP contribution is 2.25. The predicted molar refractivity (Wildman–Crippen MR) is 64.1 cm³/mol. The minimum atomic E-state index is 0.0211. The molecule has 0 spiro atoms. The first-order valence-electron chi connectivity index (χ1n) is 5.49. The fourth-order valence-electron chi connectivity index (χ4n) is 1.40. The smallest absolute Gasteiger partial charge is 0.124 e. The molecule has 2 heteroatoms. The lowest BCUT2D eigenvalue weighted by atomic mass is 10.1. The molecule has 1 aromatic carbocycles. The minimum Gasteiger partial charge on any atom is -0.493 e. The Morgan fingerprint density at radius 1 is 1.27 bits per heavy atom. The van der Waals surface area contributed by atoms with Crippen molar-refractivity contribution in [3.8, 4) is 5.75 Å². The summed E-state index contributed by atoms with van der Waals surface area (Å²) < 4.78 is 5.76. The van der Waals surface area contributed by atoms with Gasteiger partial charge in [0.25, 0.3) is 0 Å². The second kappa shape index (κ2) is 5.17. The van der Waals surface area contributed by atoms with E-state index in [1.165, 1.54) is 5.56 Å². The van der Waals surface area contributed by atoms with Gasteiger partial charge in [-0.05, 0) is 31.4 Å². The van der Waals surface area contributed by atoms with Crippen molar-refractivity contribution >= 4 is 0 Å². The number of benzene rings is 1. The molecule has 0 fully saturated rings. The summed E-state index contributed by atoms with van der Waals surface area (Å²) in [4.78, 5) is 0. The summed E-state index contributed by atoms with van der Waals surface area (Å²) in [5.41, 5.74) is 8.18. The van der Waals surface area contributed by atoms with Crippen molar-refractivity contribution in [1.29, 1.82) is 0 Å². The van der Waals surface area contributed by atoms with E-state index in [2.05, 4.69) is 39.0 Å². The van der Waals surface area contributed by atoms with Gasteiger partial charge in [0, 0.05) is 11.6 Å². The van der Waals surface area contributed by atoms with E-state index >= 15 is 0 Å². The zero-order valence-electron chi connectivity index (χ0n) is 10.1. The van der Waals surface area contributed by atoms with Crippen LogP contribution in [0.25, 0.3) is 0 Å². The van der Waals surface area contributed by atoms with Gasteiger partial charge in [0.15, 0.2) is 0 Å². The summed E-state index contributed by atoms with van der Waals surface area (Å²) in [5.74, 6) is 1.46. The molecule has 0 heterocycles. The Morgan fingerprint density at radius 3 is 2.47 bits per heavy atom. The lowest BCUT2D eigenvalue weighted by Crippen LogP contribution is -2.11. The average Bonchev–Trinajstić information content (AvgIpc) is 2.14. The van der Waals surface area contributed by atoms with Crippen molar-refractivity contribution in [3.63, 3.8) is 0 Å². The molecule has 84 valence electrons. The molecule has 0 amide bonds. The molecule has 2 nitrogen and oxygen atoms in total. The maximum atomic E-state index is 5.89. The maximum Gasteiger partial charge on any atom is 0.124 e. The second-order valence-corrected chi connectivity index (χ2v) is 4.53. The highest BCUT2D eigenvalue weighted by Gasteiger charge is 2.08. The third-order valence-electron chi connectivity index (χ3n) is 2.23. The highest BCUT2D eigenvalue weighted by molar-refractivity contribution is 5.38. The van der Waals surface area contributed by atoms with E-state index in [4.69, 9.17) is 10.5 Å². The normalized spacial score (nSPS) is 12.9. The van der Waals surface area contributed by atoms with Crippen LogP contribution in [-0.4, -0.2) is 6.61 Å². The van der Waals surface area contributed by atoms with Crippen molar-refractivity contribution in [2.24, 2.45) is 11.7 Å². The van der Waals surface area contributed by atoms with Gasteiger partial charge in [0.1, 0.15) is 5.75 Å². The summed E-state index contributed by atoms with van der Waals surface area (Å²) in [5, 5.41) is 0.